The smallest absolute Gasteiger partial charge is 0.262 e. The first-order chi connectivity index (χ1) is 12.0. The van der Waals surface area contributed by atoms with Crippen LogP contribution in [0.2, 0.25) is 5.02 Å². The van der Waals surface area contributed by atoms with Crippen molar-refractivity contribution >= 4 is 34.3 Å². The lowest BCUT2D eigenvalue weighted by Crippen LogP contribution is -2.25. The van der Waals surface area contributed by atoms with Gasteiger partial charge in [0.1, 0.15) is 5.75 Å². The Balaban J connectivity index is 1.98. The normalized spacial score (nSPS) is 11.2. The Morgan fingerprint density at radius 3 is 2.56 bits per heavy atom. The van der Waals surface area contributed by atoms with Gasteiger partial charge in [-0.15, -0.1) is 0 Å². The van der Waals surface area contributed by atoms with E-state index in [9.17, 15) is 4.79 Å². The van der Waals surface area contributed by atoms with Crippen molar-refractivity contribution in [2.45, 2.75) is 30.8 Å². The highest BCUT2D eigenvalue weighted by Crippen LogP contribution is 2.26. The fraction of sp³-hybridized carbons (Fsp3) is 0.263. The minimum atomic E-state index is -0.0334. The maximum absolute atomic E-state index is 12.8. The number of hydrogen-bond acceptors (Lipinski definition) is 4. The van der Waals surface area contributed by atoms with Gasteiger partial charge in [0.2, 0.25) is 0 Å². The quantitative estimate of drug-likeness (QED) is 0.469. The maximum atomic E-state index is 12.8. The van der Waals surface area contributed by atoms with Crippen molar-refractivity contribution in [2.24, 2.45) is 0 Å². The lowest BCUT2D eigenvalue weighted by molar-refractivity contribution is 0.414. The van der Waals surface area contributed by atoms with Gasteiger partial charge < -0.3 is 4.74 Å². The number of thioether (sulfide) groups is 1. The topological polar surface area (TPSA) is 44.1 Å². The van der Waals surface area contributed by atoms with E-state index >= 15 is 0 Å². The van der Waals surface area contributed by atoms with Gasteiger partial charge in [0, 0.05) is 16.8 Å². The molecule has 0 N–H and O–H groups in total. The molecule has 2 aromatic carbocycles. The predicted molar refractivity (Wildman–Crippen MR) is 104 cm³/mol. The summed E-state index contributed by atoms with van der Waals surface area (Å²) in [5.74, 6) is 1.54. The van der Waals surface area contributed by atoms with Crippen molar-refractivity contribution < 1.29 is 4.74 Å². The molecular weight excluding hydrogens is 356 g/mol. The van der Waals surface area contributed by atoms with Crippen molar-refractivity contribution in [1.82, 2.24) is 9.55 Å². The minimum Gasteiger partial charge on any atom is -0.497 e. The van der Waals surface area contributed by atoms with Gasteiger partial charge in [-0.2, -0.15) is 0 Å². The third-order valence-corrected chi connectivity index (χ3v) is 5.13. The van der Waals surface area contributed by atoms with E-state index in [1.807, 2.05) is 38.1 Å². The van der Waals surface area contributed by atoms with Crippen LogP contribution in [0.15, 0.2) is 52.4 Å². The van der Waals surface area contributed by atoms with Crippen LogP contribution < -0.4 is 10.3 Å². The molecule has 0 unspecified atom stereocenters. The van der Waals surface area contributed by atoms with Crippen molar-refractivity contribution in [2.75, 3.05) is 7.11 Å². The molecule has 130 valence electrons. The Morgan fingerprint density at radius 1 is 1.20 bits per heavy atom. The summed E-state index contributed by atoms with van der Waals surface area (Å²) < 4.78 is 6.92. The number of aromatic nitrogens is 2. The van der Waals surface area contributed by atoms with Crippen LogP contribution >= 0.6 is 23.4 Å². The van der Waals surface area contributed by atoms with E-state index in [0.29, 0.717) is 21.1 Å². The summed E-state index contributed by atoms with van der Waals surface area (Å²) in [5.41, 5.74) is 1.74. The summed E-state index contributed by atoms with van der Waals surface area (Å²) >= 11 is 7.60. The molecule has 0 atom stereocenters. The van der Waals surface area contributed by atoms with E-state index in [0.717, 1.165) is 17.1 Å². The molecule has 0 saturated heterocycles. The first kappa shape index (κ1) is 17.8. The Bertz CT molecular complexity index is 952. The van der Waals surface area contributed by atoms with Crippen molar-refractivity contribution in [3.63, 3.8) is 0 Å². The molecule has 0 aliphatic rings. The van der Waals surface area contributed by atoms with Crippen molar-refractivity contribution in [3.8, 4) is 5.75 Å². The van der Waals surface area contributed by atoms with Crippen LogP contribution in [0.3, 0.4) is 0 Å². The molecule has 0 spiro atoms. The number of methoxy groups -OCH3 is 1. The molecule has 0 aliphatic carbocycles. The Labute approximate surface area is 155 Å². The summed E-state index contributed by atoms with van der Waals surface area (Å²) in [4.78, 5) is 17.5. The van der Waals surface area contributed by atoms with Gasteiger partial charge in [-0.25, -0.2) is 4.98 Å². The van der Waals surface area contributed by atoms with E-state index in [2.05, 4.69) is 4.98 Å². The molecule has 0 amide bonds. The molecule has 0 aliphatic heterocycles. The van der Waals surface area contributed by atoms with Gasteiger partial charge in [-0.05, 0) is 49.7 Å². The van der Waals surface area contributed by atoms with Crippen LogP contribution in [-0.4, -0.2) is 16.7 Å². The third-order valence-electron chi connectivity index (χ3n) is 3.87. The zero-order valence-corrected chi connectivity index (χ0v) is 15.9. The molecule has 0 fully saturated rings. The van der Waals surface area contributed by atoms with E-state index < -0.39 is 0 Å². The Kier molecular flexibility index (Phi) is 5.35. The third kappa shape index (κ3) is 3.83. The molecule has 0 bridgehead atoms. The molecule has 3 aromatic rings. The average molecular weight is 375 g/mol. The molecule has 1 heterocycles. The molecule has 0 radical (unpaired) electrons. The van der Waals surface area contributed by atoms with Crippen LogP contribution in [0.1, 0.15) is 25.5 Å². The lowest BCUT2D eigenvalue weighted by atomic mass is 10.2. The average Bonchev–Trinajstić information content (AvgIpc) is 2.59. The van der Waals surface area contributed by atoms with Gasteiger partial charge in [0.25, 0.3) is 5.56 Å². The first-order valence-electron chi connectivity index (χ1n) is 7.97. The van der Waals surface area contributed by atoms with Crippen LogP contribution in [-0.2, 0) is 5.75 Å². The number of ether oxygens (including phenoxy) is 1. The summed E-state index contributed by atoms with van der Waals surface area (Å²) in [6.45, 7) is 3.98. The SMILES string of the molecule is COc1ccc(CSc2nc3cc(Cl)ccc3c(=O)n2C(C)C)cc1. The summed E-state index contributed by atoms with van der Waals surface area (Å²) in [5, 5.41) is 1.87. The molecule has 3 rings (SSSR count). The van der Waals surface area contributed by atoms with Gasteiger partial charge in [-0.3, -0.25) is 9.36 Å². The molecular formula is C19H19ClN2O2S. The van der Waals surface area contributed by atoms with Crippen molar-refractivity contribution in [1.29, 1.82) is 0 Å². The van der Waals surface area contributed by atoms with Crippen LogP contribution in [0.5, 0.6) is 5.75 Å². The zero-order chi connectivity index (χ0) is 18.0. The second-order valence-corrected chi connectivity index (χ2v) is 7.34. The molecule has 25 heavy (non-hydrogen) atoms. The summed E-state index contributed by atoms with van der Waals surface area (Å²) in [7, 11) is 1.65. The fourth-order valence-corrected chi connectivity index (χ4v) is 3.83. The maximum Gasteiger partial charge on any atom is 0.262 e. The van der Waals surface area contributed by atoms with E-state index in [1.165, 1.54) is 0 Å². The number of hydrogen-bond donors (Lipinski definition) is 0. The summed E-state index contributed by atoms with van der Waals surface area (Å²) in [6.07, 6.45) is 0. The molecule has 4 nitrogen and oxygen atoms in total. The monoisotopic (exact) mass is 374 g/mol. The molecule has 0 saturated carbocycles. The van der Waals surface area contributed by atoms with Gasteiger partial charge in [0.05, 0.1) is 18.0 Å². The van der Waals surface area contributed by atoms with Crippen LogP contribution in [0.25, 0.3) is 10.9 Å². The highest BCUT2D eigenvalue weighted by Gasteiger charge is 2.14. The second-order valence-electron chi connectivity index (χ2n) is 5.96. The number of rotatable bonds is 5. The highest BCUT2D eigenvalue weighted by atomic mass is 35.5. The number of nitrogens with zero attached hydrogens (tertiary/aromatic N) is 2. The van der Waals surface area contributed by atoms with Crippen molar-refractivity contribution in [3.05, 3.63) is 63.4 Å². The van der Waals surface area contributed by atoms with Gasteiger partial charge >= 0.3 is 0 Å². The Hall–Kier alpha value is -1.98. The van der Waals surface area contributed by atoms with Gasteiger partial charge in [0.15, 0.2) is 5.16 Å². The lowest BCUT2D eigenvalue weighted by Gasteiger charge is -2.16. The molecule has 1 aromatic heterocycles. The van der Waals surface area contributed by atoms with E-state index in [-0.39, 0.29) is 11.6 Å². The standard InChI is InChI=1S/C19H19ClN2O2S/c1-12(2)22-18(23)16-9-6-14(20)10-17(16)21-19(22)25-11-13-4-7-15(24-3)8-5-13/h4-10,12H,11H2,1-3H3. The number of fused-ring (bicyclic) bond motifs is 1. The highest BCUT2D eigenvalue weighted by molar-refractivity contribution is 7.98. The minimum absolute atomic E-state index is 0.0263. The van der Waals surface area contributed by atoms with Crippen LogP contribution in [0, 0.1) is 0 Å². The van der Waals surface area contributed by atoms with Crippen LogP contribution in [0.4, 0.5) is 0 Å². The fourth-order valence-electron chi connectivity index (χ4n) is 2.58. The molecule has 6 heteroatoms. The largest absolute Gasteiger partial charge is 0.497 e. The predicted octanol–water partition coefficient (Wildman–Crippen LogP) is 4.93. The van der Waals surface area contributed by atoms with E-state index in [1.54, 1.807) is 41.6 Å². The number of benzene rings is 2. The summed E-state index contributed by atoms with van der Waals surface area (Å²) in [6, 6.07) is 13.1. The van der Waals surface area contributed by atoms with Gasteiger partial charge in [-0.1, -0.05) is 35.5 Å². The Morgan fingerprint density at radius 2 is 1.92 bits per heavy atom. The number of halogens is 1. The second kappa shape index (κ2) is 7.50. The zero-order valence-electron chi connectivity index (χ0n) is 14.3. The van der Waals surface area contributed by atoms with E-state index in [4.69, 9.17) is 16.3 Å². The first-order valence-corrected chi connectivity index (χ1v) is 9.33.